The van der Waals surface area contributed by atoms with E-state index in [2.05, 4.69) is 71.3 Å². The molecule has 6 heteroatoms. The summed E-state index contributed by atoms with van der Waals surface area (Å²) in [4.78, 5) is 15.3. The second kappa shape index (κ2) is 12.8. The molecule has 0 bridgehead atoms. The fourth-order valence-electron chi connectivity index (χ4n) is 8.03. The van der Waals surface area contributed by atoms with Gasteiger partial charge >= 0.3 is 0 Å². The number of fused-ring (bicyclic) bond motifs is 9. The Morgan fingerprint density at radius 2 is 1.04 bits per heavy atom. The zero-order chi connectivity index (χ0) is 42.7. The molecule has 57 heavy (non-hydrogen) atoms. The van der Waals surface area contributed by atoms with E-state index in [-0.39, 0.29) is 41.6 Å². The van der Waals surface area contributed by atoms with Crippen LogP contribution in [-0.2, 0) is 0 Å². The molecule has 4 heterocycles. The lowest BCUT2D eigenvalue weighted by atomic mass is 9.98. The summed E-state index contributed by atoms with van der Waals surface area (Å²) in [7, 11) is 0. The first-order valence-electron chi connectivity index (χ1n) is 21.5. The summed E-state index contributed by atoms with van der Waals surface area (Å²) in [6.45, 7) is 0. The first-order chi connectivity index (χ1) is 30.7. The van der Waals surface area contributed by atoms with E-state index in [1.807, 2.05) is 72.8 Å². The first-order valence-corrected chi connectivity index (χ1v) is 20.2. The molecule has 0 spiro atoms. The average molecular weight is 769 g/mol. The smallest absolute Gasteiger partial charge is 0.164 e. The van der Waals surface area contributed by atoms with Crippen molar-refractivity contribution in [2.24, 2.45) is 0 Å². The zero-order valence-corrected chi connectivity index (χ0v) is 31.6. The second-order valence-electron chi connectivity index (χ2n) is 13.9. The van der Waals surface area contributed by atoms with E-state index in [0.717, 1.165) is 43.3 Å². The molecule has 0 fully saturated rings. The molecule has 0 amide bonds. The minimum atomic E-state index is -0.303. The molecular formula is C51H30N4S2. The summed E-state index contributed by atoms with van der Waals surface area (Å²) in [5.74, 6) is 1.41. The van der Waals surface area contributed by atoms with Crippen LogP contribution in [0.1, 0.15) is 8.22 Å². The average Bonchev–Trinajstić information content (AvgIpc) is 4.01. The highest BCUT2D eigenvalue weighted by Gasteiger charge is 2.21. The lowest BCUT2D eigenvalue weighted by Gasteiger charge is -2.17. The third kappa shape index (κ3) is 5.15. The van der Waals surface area contributed by atoms with E-state index in [1.54, 1.807) is 11.3 Å². The molecule has 8 aromatic carbocycles. The number of hydrogen-bond acceptors (Lipinski definition) is 5. The van der Waals surface area contributed by atoms with Gasteiger partial charge in [-0.3, -0.25) is 0 Å². The molecule has 0 aliphatic rings. The molecule has 0 aliphatic heterocycles. The van der Waals surface area contributed by atoms with E-state index in [1.165, 1.54) is 32.9 Å². The number of nitrogens with zero attached hydrogens (tertiary/aromatic N) is 4. The van der Waals surface area contributed by atoms with Gasteiger partial charge in [0.2, 0.25) is 0 Å². The quantitative estimate of drug-likeness (QED) is 0.175. The molecule has 0 aliphatic carbocycles. The van der Waals surface area contributed by atoms with Crippen molar-refractivity contribution in [3.63, 3.8) is 0 Å². The van der Waals surface area contributed by atoms with Crippen LogP contribution in [0.25, 0.3) is 113 Å². The summed E-state index contributed by atoms with van der Waals surface area (Å²) in [5, 5.41) is 5.05. The largest absolute Gasteiger partial charge is 0.309 e. The normalized spacial score (nSPS) is 13.3. The SMILES string of the molecule is [2H]c1cc([2H])c2sc3c(-c4cc(-c5nc(-c6ccccc6)nc(-c6ccc7c(c6)sc6ccccc67)n5)ccc4-n4c5ccccc5c5ccccc54)c([2H])c([2H])c([2H])c3c2c1[2H]. The van der Waals surface area contributed by atoms with Crippen LogP contribution in [0.2, 0.25) is 0 Å². The Morgan fingerprint density at radius 1 is 0.404 bits per heavy atom. The molecule has 12 rings (SSSR count). The number of para-hydroxylation sites is 2. The Labute approximate surface area is 344 Å². The van der Waals surface area contributed by atoms with Gasteiger partial charge in [0.05, 0.1) is 24.9 Å². The number of hydrogen-bond donors (Lipinski definition) is 0. The lowest BCUT2D eigenvalue weighted by Crippen LogP contribution is -2.02. The summed E-state index contributed by atoms with van der Waals surface area (Å²) in [6.07, 6.45) is 0. The van der Waals surface area contributed by atoms with E-state index >= 15 is 0 Å². The highest BCUT2D eigenvalue weighted by molar-refractivity contribution is 7.26. The minimum absolute atomic E-state index is 0.0620. The fourth-order valence-corrected chi connectivity index (χ4v) is 10.3. The molecule has 4 aromatic heterocycles. The first kappa shape index (κ1) is 26.8. The van der Waals surface area contributed by atoms with Crippen LogP contribution in [0.15, 0.2) is 182 Å². The van der Waals surface area contributed by atoms with Crippen molar-refractivity contribution >= 4 is 84.8 Å². The van der Waals surface area contributed by atoms with Gasteiger partial charge < -0.3 is 4.57 Å². The number of rotatable bonds is 5. The van der Waals surface area contributed by atoms with Gasteiger partial charge in [0.1, 0.15) is 0 Å². The highest BCUT2D eigenvalue weighted by Crippen LogP contribution is 2.44. The van der Waals surface area contributed by atoms with Crippen molar-refractivity contribution < 1.29 is 8.22 Å². The van der Waals surface area contributed by atoms with Crippen LogP contribution < -0.4 is 0 Å². The molecule has 0 unspecified atom stereocenters. The van der Waals surface area contributed by atoms with Crippen LogP contribution in [0.4, 0.5) is 0 Å². The van der Waals surface area contributed by atoms with Gasteiger partial charge in [-0.1, -0.05) is 133 Å². The van der Waals surface area contributed by atoms with Gasteiger partial charge in [-0.15, -0.1) is 22.7 Å². The summed E-state index contributed by atoms with van der Waals surface area (Å²) in [5.41, 5.74) is 5.91. The Hall–Kier alpha value is -6.99. The third-order valence-electron chi connectivity index (χ3n) is 10.6. The maximum absolute atomic E-state index is 9.62. The van der Waals surface area contributed by atoms with E-state index < -0.39 is 0 Å². The van der Waals surface area contributed by atoms with Gasteiger partial charge in [-0.05, 0) is 48.5 Å². The molecular weight excluding hydrogens is 733 g/mol. The Kier molecular flexibility index (Phi) is 6.00. The number of aromatic nitrogens is 4. The fraction of sp³-hybridized carbons (Fsp3) is 0. The predicted molar refractivity (Wildman–Crippen MR) is 242 cm³/mol. The standard InChI is InChI=1S/C51H30N4S2/c1-2-13-31(14-3-1)49-52-50(54-51(53-49)33-25-27-38-36-17-6-10-23-45(36)56-47(38)30-33)32-26-28-44(55-42-21-8-4-15-34(42)35-16-5-9-22-43(35)55)41(29-32)40-20-12-19-39-37-18-7-11-24-46(37)57-48(39)40/h1-30H/i7D,12D,18D,19D,20D,24D. The van der Waals surface area contributed by atoms with Crippen molar-refractivity contribution in [3.05, 3.63) is 182 Å². The van der Waals surface area contributed by atoms with Crippen molar-refractivity contribution in [1.82, 2.24) is 19.5 Å². The van der Waals surface area contributed by atoms with Gasteiger partial charge in [0, 0.05) is 78.9 Å². The van der Waals surface area contributed by atoms with Gasteiger partial charge in [0.15, 0.2) is 17.5 Å². The molecule has 0 saturated carbocycles. The van der Waals surface area contributed by atoms with Crippen molar-refractivity contribution in [2.75, 3.05) is 0 Å². The third-order valence-corrected chi connectivity index (χ3v) is 12.9. The van der Waals surface area contributed by atoms with E-state index in [9.17, 15) is 2.74 Å². The summed E-state index contributed by atoms with van der Waals surface area (Å²) >= 11 is 2.95. The predicted octanol–water partition coefficient (Wildman–Crippen LogP) is 14.4. The van der Waals surface area contributed by atoms with E-state index in [4.69, 9.17) is 20.4 Å². The molecule has 0 N–H and O–H groups in total. The Bertz CT molecular complexity index is 3840. The van der Waals surface area contributed by atoms with Crippen LogP contribution in [-0.4, -0.2) is 19.5 Å². The molecule has 266 valence electrons. The maximum Gasteiger partial charge on any atom is 0.164 e. The second-order valence-corrected chi connectivity index (χ2v) is 16.0. The molecule has 0 radical (unpaired) electrons. The number of thiophene rings is 2. The topological polar surface area (TPSA) is 43.6 Å². The van der Waals surface area contributed by atoms with Gasteiger partial charge in [-0.2, -0.15) is 0 Å². The Balaban J connectivity index is 1.17. The van der Waals surface area contributed by atoms with Crippen LogP contribution in [0.5, 0.6) is 0 Å². The van der Waals surface area contributed by atoms with Crippen LogP contribution in [0, 0.1) is 0 Å². The van der Waals surface area contributed by atoms with Gasteiger partial charge in [-0.25, -0.2) is 15.0 Å². The summed E-state index contributed by atoms with van der Waals surface area (Å²) in [6, 6.07) is 47.3. The minimum Gasteiger partial charge on any atom is -0.309 e. The maximum atomic E-state index is 9.62. The van der Waals surface area contributed by atoms with Crippen molar-refractivity contribution in [2.45, 2.75) is 0 Å². The van der Waals surface area contributed by atoms with Crippen molar-refractivity contribution in [3.8, 4) is 51.0 Å². The van der Waals surface area contributed by atoms with Crippen LogP contribution >= 0.6 is 22.7 Å². The van der Waals surface area contributed by atoms with Crippen LogP contribution in [0.3, 0.4) is 0 Å². The molecule has 12 aromatic rings. The molecule has 4 nitrogen and oxygen atoms in total. The lowest BCUT2D eigenvalue weighted by molar-refractivity contribution is 1.07. The summed E-state index contributed by atoms with van der Waals surface area (Å²) < 4.78 is 59.7. The molecule has 0 atom stereocenters. The number of benzene rings is 8. The Morgan fingerprint density at radius 3 is 1.82 bits per heavy atom. The zero-order valence-electron chi connectivity index (χ0n) is 36.0. The van der Waals surface area contributed by atoms with Gasteiger partial charge in [0.25, 0.3) is 0 Å². The monoisotopic (exact) mass is 768 g/mol. The highest BCUT2D eigenvalue weighted by atomic mass is 32.1. The molecule has 0 saturated heterocycles. The van der Waals surface area contributed by atoms with Crippen molar-refractivity contribution in [1.29, 1.82) is 0 Å². The van der Waals surface area contributed by atoms with E-state index in [0.29, 0.717) is 48.9 Å².